The summed E-state index contributed by atoms with van der Waals surface area (Å²) in [6.45, 7) is 2.79. The Balaban J connectivity index is 1.43. The largest absolute Gasteiger partial charge is 0.497 e. The van der Waals surface area contributed by atoms with Gasteiger partial charge >= 0.3 is 0 Å². The molecule has 2 aromatic heterocycles. The minimum absolute atomic E-state index is 0.156. The van der Waals surface area contributed by atoms with E-state index >= 15 is 0 Å². The molecule has 1 aliphatic heterocycles. The van der Waals surface area contributed by atoms with E-state index in [1.807, 2.05) is 18.3 Å². The maximum atomic E-state index is 12.6. The number of H-pyrrole nitrogens is 1. The third-order valence-corrected chi connectivity index (χ3v) is 5.29. The highest BCUT2D eigenvalue weighted by Gasteiger charge is 2.25. The van der Waals surface area contributed by atoms with Crippen LogP contribution in [0.5, 0.6) is 5.75 Å². The van der Waals surface area contributed by atoms with Crippen LogP contribution < -0.4 is 10.1 Å². The Kier molecular flexibility index (Phi) is 5.86. The van der Waals surface area contributed by atoms with Crippen LogP contribution in [-0.2, 0) is 6.54 Å². The van der Waals surface area contributed by atoms with Gasteiger partial charge < -0.3 is 10.1 Å². The monoisotopic (exact) mass is 391 g/mol. The second-order valence-corrected chi connectivity index (χ2v) is 7.28. The lowest BCUT2D eigenvalue weighted by molar-refractivity contribution is 0.102. The number of likely N-dealkylation sites (tertiary alicyclic amines) is 1. The van der Waals surface area contributed by atoms with Crippen molar-refractivity contribution in [2.75, 3.05) is 25.5 Å². The summed E-state index contributed by atoms with van der Waals surface area (Å²) in [7, 11) is 1.61. The van der Waals surface area contributed by atoms with Gasteiger partial charge in [0.15, 0.2) is 0 Å². The number of ether oxygens (including phenoxy) is 1. The first kappa shape index (κ1) is 19.1. The molecule has 7 heteroatoms. The van der Waals surface area contributed by atoms with Gasteiger partial charge in [-0.1, -0.05) is 6.07 Å². The van der Waals surface area contributed by atoms with Gasteiger partial charge in [-0.15, -0.1) is 0 Å². The van der Waals surface area contributed by atoms with Crippen molar-refractivity contribution in [3.63, 3.8) is 0 Å². The summed E-state index contributed by atoms with van der Waals surface area (Å²) in [6, 6.07) is 13.1. The molecule has 2 N–H and O–H groups in total. The zero-order valence-electron chi connectivity index (χ0n) is 16.5. The first-order chi connectivity index (χ1) is 14.2. The lowest BCUT2D eigenvalue weighted by Gasteiger charge is -2.32. The molecular formula is C22H25N5O2. The topological polar surface area (TPSA) is 83.1 Å². The zero-order chi connectivity index (χ0) is 20.1. The van der Waals surface area contributed by atoms with E-state index in [2.05, 4.69) is 31.5 Å². The number of hydrogen-bond donors (Lipinski definition) is 2. The Bertz CT molecular complexity index is 939. The Hall–Kier alpha value is -3.19. The summed E-state index contributed by atoms with van der Waals surface area (Å²) in [6.07, 6.45) is 5.68. The number of nitrogens with zero attached hydrogens (tertiary/aromatic N) is 3. The third kappa shape index (κ3) is 4.63. The molecule has 1 saturated heterocycles. The second-order valence-electron chi connectivity index (χ2n) is 7.28. The summed E-state index contributed by atoms with van der Waals surface area (Å²) in [4.78, 5) is 19.5. The van der Waals surface area contributed by atoms with Crippen molar-refractivity contribution in [1.82, 2.24) is 20.1 Å². The van der Waals surface area contributed by atoms with Gasteiger partial charge in [0.1, 0.15) is 5.75 Å². The Labute approximate surface area is 170 Å². The fourth-order valence-electron chi connectivity index (χ4n) is 3.80. The Morgan fingerprint density at radius 1 is 1.28 bits per heavy atom. The molecule has 29 heavy (non-hydrogen) atoms. The summed E-state index contributed by atoms with van der Waals surface area (Å²) in [5.74, 6) is 0.860. The molecule has 3 heterocycles. The fourth-order valence-corrected chi connectivity index (χ4v) is 3.80. The smallest absolute Gasteiger partial charge is 0.255 e. The van der Waals surface area contributed by atoms with Gasteiger partial charge in [-0.3, -0.25) is 19.8 Å². The van der Waals surface area contributed by atoms with Gasteiger partial charge in [0.05, 0.1) is 30.4 Å². The molecule has 3 aromatic rings. The molecule has 0 bridgehead atoms. The first-order valence-electron chi connectivity index (χ1n) is 9.84. The molecule has 150 valence electrons. The number of rotatable bonds is 6. The van der Waals surface area contributed by atoms with E-state index < -0.39 is 0 Å². The van der Waals surface area contributed by atoms with Crippen molar-refractivity contribution in [2.24, 2.45) is 0 Å². The summed E-state index contributed by atoms with van der Waals surface area (Å²) in [5, 5.41) is 10.3. The molecule has 1 aromatic carbocycles. The number of aromatic nitrogens is 3. The number of pyridine rings is 1. The maximum absolute atomic E-state index is 12.6. The number of carbonyl (C=O) groups excluding carboxylic acids is 1. The molecule has 7 nitrogen and oxygen atoms in total. The van der Waals surface area contributed by atoms with Crippen LogP contribution in [0.4, 0.5) is 5.69 Å². The molecule has 1 fully saturated rings. The van der Waals surface area contributed by atoms with Crippen molar-refractivity contribution in [3.05, 3.63) is 71.8 Å². The van der Waals surface area contributed by atoms with Crippen molar-refractivity contribution in [2.45, 2.75) is 25.3 Å². The minimum atomic E-state index is -0.156. The molecule has 0 radical (unpaired) electrons. The zero-order valence-corrected chi connectivity index (χ0v) is 16.5. The predicted molar refractivity (Wildman–Crippen MR) is 111 cm³/mol. The maximum Gasteiger partial charge on any atom is 0.255 e. The van der Waals surface area contributed by atoms with Gasteiger partial charge in [-0.2, -0.15) is 5.10 Å². The Morgan fingerprint density at radius 2 is 2.14 bits per heavy atom. The highest BCUT2D eigenvalue weighted by Crippen LogP contribution is 2.31. The summed E-state index contributed by atoms with van der Waals surface area (Å²) >= 11 is 0. The van der Waals surface area contributed by atoms with Crippen molar-refractivity contribution in [3.8, 4) is 5.75 Å². The molecule has 0 unspecified atom stereocenters. The molecule has 0 saturated carbocycles. The quantitative estimate of drug-likeness (QED) is 0.673. The third-order valence-electron chi connectivity index (χ3n) is 5.29. The van der Waals surface area contributed by atoms with E-state index in [9.17, 15) is 4.79 Å². The summed E-state index contributed by atoms with van der Waals surface area (Å²) in [5.41, 5.74) is 3.39. The van der Waals surface area contributed by atoms with Gasteiger partial charge in [-0.05, 0) is 55.8 Å². The van der Waals surface area contributed by atoms with E-state index in [0.717, 1.165) is 55.3 Å². The van der Waals surface area contributed by atoms with E-state index in [4.69, 9.17) is 4.74 Å². The molecule has 0 aliphatic carbocycles. The normalized spacial score (nSPS) is 17.1. The first-order valence-corrected chi connectivity index (χ1v) is 9.84. The van der Waals surface area contributed by atoms with Crippen LogP contribution in [0.15, 0.2) is 54.9 Å². The number of aromatic amines is 1. The lowest BCUT2D eigenvalue weighted by Crippen LogP contribution is -2.34. The average molecular weight is 391 g/mol. The van der Waals surface area contributed by atoms with E-state index in [1.54, 1.807) is 37.6 Å². The van der Waals surface area contributed by atoms with Crippen LogP contribution in [0, 0.1) is 0 Å². The number of carbonyl (C=O) groups is 1. The highest BCUT2D eigenvalue weighted by atomic mass is 16.5. The second kappa shape index (κ2) is 8.87. The van der Waals surface area contributed by atoms with Crippen LogP contribution in [-0.4, -0.2) is 46.2 Å². The molecular weight excluding hydrogens is 366 g/mol. The number of methoxy groups -OCH3 is 1. The van der Waals surface area contributed by atoms with Gasteiger partial charge in [0.2, 0.25) is 0 Å². The number of benzene rings is 1. The van der Waals surface area contributed by atoms with Crippen LogP contribution in [0.3, 0.4) is 0 Å². The number of amides is 1. The lowest BCUT2D eigenvalue weighted by atomic mass is 9.94. The molecule has 4 rings (SSSR count). The van der Waals surface area contributed by atoms with E-state index in [0.29, 0.717) is 11.5 Å². The van der Waals surface area contributed by atoms with Crippen molar-refractivity contribution >= 4 is 11.6 Å². The van der Waals surface area contributed by atoms with Gasteiger partial charge in [-0.25, -0.2) is 0 Å². The van der Waals surface area contributed by atoms with Crippen molar-refractivity contribution in [1.29, 1.82) is 0 Å². The molecule has 0 spiro atoms. The Morgan fingerprint density at radius 3 is 2.90 bits per heavy atom. The number of piperidine rings is 1. The molecule has 1 aliphatic rings. The van der Waals surface area contributed by atoms with Gasteiger partial charge in [0.25, 0.3) is 5.91 Å². The van der Waals surface area contributed by atoms with Crippen LogP contribution in [0.25, 0.3) is 0 Å². The summed E-state index contributed by atoms with van der Waals surface area (Å²) < 4.78 is 5.15. The standard InChI is InChI=1S/C22H25N5O2/c1-29-19-9-7-16(8-10-19)22(28)25-20-13-24-26-21(20)17-5-4-12-27(14-17)15-18-6-2-3-11-23-18/h2-3,6-11,13,17H,4-5,12,14-15H2,1H3,(H,24,26)(H,25,28)/t17-/m1/s1. The molecule has 1 amide bonds. The SMILES string of the molecule is COc1ccc(C(=O)Nc2cn[nH]c2[C@@H]2CCCN(Cc3ccccn3)C2)cc1. The average Bonchev–Trinajstić information content (AvgIpc) is 3.23. The van der Waals surface area contributed by atoms with E-state index in [1.165, 1.54) is 0 Å². The van der Waals surface area contributed by atoms with Crippen LogP contribution in [0.1, 0.15) is 40.5 Å². The number of nitrogens with one attached hydrogen (secondary N) is 2. The van der Waals surface area contributed by atoms with Crippen LogP contribution in [0.2, 0.25) is 0 Å². The molecule has 1 atom stereocenters. The minimum Gasteiger partial charge on any atom is -0.497 e. The van der Waals surface area contributed by atoms with Crippen molar-refractivity contribution < 1.29 is 9.53 Å². The fraction of sp³-hybridized carbons (Fsp3) is 0.318. The number of hydrogen-bond acceptors (Lipinski definition) is 5. The van der Waals surface area contributed by atoms with E-state index in [-0.39, 0.29) is 5.91 Å². The number of anilines is 1. The van der Waals surface area contributed by atoms with Gasteiger partial charge in [0, 0.05) is 30.8 Å². The van der Waals surface area contributed by atoms with Crippen LogP contribution >= 0.6 is 0 Å². The predicted octanol–water partition coefficient (Wildman–Crippen LogP) is 3.45. The highest BCUT2D eigenvalue weighted by molar-refractivity contribution is 6.04.